The van der Waals surface area contributed by atoms with Gasteiger partial charge < -0.3 is 0 Å². The summed E-state index contributed by atoms with van der Waals surface area (Å²) < 4.78 is 5.86. The summed E-state index contributed by atoms with van der Waals surface area (Å²) in [5, 5.41) is 141. The summed E-state index contributed by atoms with van der Waals surface area (Å²) in [5.74, 6) is 0. The van der Waals surface area contributed by atoms with E-state index in [1.807, 2.05) is 12.7 Å². The van der Waals surface area contributed by atoms with Gasteiger partial charge in [-0.25, -0.2) is 0 Å². The predicted octanol–water partition coefficient (Wildman–Crippen LogP) is -1.05. The van der Waals surface area contributed by atoms with Crippen molar-refractivity contribution in [3.05, 3.63) is 14.7 Å². The second-order valence-corrected chi connectivity index (χ2v) is 20.3. The van der Waals surface area contributed by atoms with Crippen LogP contribution in [-0.4, -0.2) is 154 Å². The number of nitroso groups, excluding NO2 is 3. The summed E-state index contributed by atoms with van der Waals surface area (Å²) in [6.07, 6.45) is 0. The van der Waals surface area contributed by atoms with Crippen LogP contribution in [0.4, 0.5) is 0 Å². The molecule has 0 rings (SSSR count). The Hall–Kier alpha value is -2.42. The molecule has 0 aliphatic carbocycles. The monoisotopic (exact) mass is 777 g/mol. The van der Waals surface area contributed by atoms with Gasteiger partial charge in [-0.15, -0.1) is 0 Å². The first-order chi connectivity index (χ1) is 17.9. The molecule has 0 aliphatic rings. The van der Waals surface area contributed by atoms with Gasteiger partial charge in [0, 0.05) is 0 Å². The molecule has 27 heteroatoms. The molecule has 42 heavy (non-hydrogen) atoms. The Kier molecular flexibility index (Phi) is 18.5. The fourth-order valence-electron chi connectivity index (χ4n) is 0.704. The maximum absolute atomic E-state index is 10.3. The molecular formula is C15H3Co3K3N18O3. The number of hydrogen-bond donors (Lipinski definition) is 0. The molecule has 0 unspecified atom stereocenters. The summed E-state index contributed by atoms with van der Waals surface area (Å²) in [6.45, 7) is 0. The average molecular weight is 777 g/mol. The molecule has 0 bridgehead atoms. The molecule has 0 aromatic rings. The Labute approximate surface area is 359 Å². The van der Waals surface area contributed by atoms with E-state index >= 15 is 0 Å². The molecule has 21 nitrogen and oxygen atoms in total. The molecule has 0 spiro atoms. The van der Waals surface area contributed by atoms with E-state index < -0.39 is 32.2 Å². The summed E-state index contributed by atoms with van der Waals surface area (Å²) in [5.41, 5.74) is 0. The average Bonchev–Trinajstić information content (AvgIpc) is 3.06. The van der Waals surface area contributed by atoms with Crippen molar-refractivity contribution in [3.63, 3.8) is 0 Å². The molecule has 0 aromatic carbocycles. The van der Waals surface area contributed by atoms with E-state index in [4.69, 9.17) is 78.9 Å². The van der Waals surface area contributed by atoms with E-state index in [-0.39, 0.29) is 154 Å². The Morgan fingerprint density at radius 1 is 0.262 bits per heavy atom. The van der Waals surface area contributed by atoms with Crippen LogP contribution in [0.3, 0.4) is 0 Å². The summed E-state index contributed by atoms with van der Waals surface area (Å²) in [6, 6.07) is 0. The summed E-state index contributed by atoms with van der Waals surface area (Å²) >= 11 is 0. The fraction of sp³-hybridized carbons (Fsp3) is 0. The predicted molar refractivity (Wildman–Crippen MR) is 123 cm³/mol. The van der Waals surface area contributed by atoms with Gasteiger partial charge in [-0.3, -0.25) is 0 Å². The molecule has 0 saturated carbocycles. The Bertz CT molecular complexity index is 1420. The van der Waals surface area contributed by atoms with Gasteiger partial charge in [-0.1, -0.05) is 0 Å². The van der Waals surface area contributed by atoms with Gasteiger partial charge in [0.05, 0.1) is 0 Å². The van der Waals surface area contributed by atoms with Gasteiger partial charge in [0.1, 0.15) is 0 Å². The second-order valence-electron chi connectivity index (χ2n) is 4.92. The normalized spacial score (nSPS) is 12.8. The van der Waals surface area contributed by atoms with E-state index in [1.54, 1.807) is 0 Å². The third kappa shape index (κ3) is 6.56. The van der Waals surface area contributed by atoms with E-state index in [1.165, 1.54) is 0 Å². The number of rotatable bonds is 3. The summed E-state index contributed by atoms with van der Waals surface area (Å²) in [7, 11) is -18.8. The first-order valence-corrected chi connectivity index (χ1v) is 16.1. The molecule has 0 atom stereocenters. The van der Waals surface area contributed by atoms with E-state index in [9.17, 15) is 14.7 Å². The molecule has 0 N–H and O–H groups in total. The van der Waals surface area contributed by atoms with Crippen LogP contribution in [0.1, 0.15) is 0 Å². The second kappa shape index (κ2) is 14.8. The minimum absolute atomic E-state index is 0. The maximum atomic E-state index is 10.3. The Morgan fingerprint density at radius 3 is 0.333 bits per heavy atom. The molecule has 0 fully saturated rings. The van der Waals surface area contributed by atoms with Crippen molar-refractivity contribution in [1.29, 1.82) is 78.9 Å². The van der Waals surface area contributed by atoms with Gasteiger partial charge in [0.2, 0.25) is 0 Å². The van der Waals surface area contributed by atoms with Crippen molar-refractivity contribution in [3.8, 4) is 75.1 Å². The third-order valence-corrected chi connectivity index (χ3v) is 13.2. The van der Waals surface area contributed by atoms with E-state index in [2.05, 4.69) is 0 Å². The van der Waals surface area contributed by atoms with Gasteiger partial charge in [0.25, 0.3) is 0 Å². The molecule has 0 aliphatic heterocycles. The molecule has 0 heterocycles. The van der Waals surface area contributed by atoms with Crippen LogP contribution >= 0.6 is 0 Å². The number of nitriles is 15. The van der Waals surface area contributed by atoms with Crippen molar-refractivity contribution in [2.24, 2.45) is 12.7 Å². The third-order valence-electron chi connectivity index (χ3n) is 3.19. The molecule has 0 aromatic heterocycles. The molecule has 201 valence electrons. The zero-order valence-corrected chi connectivity index (χ0v) is 20.9. The zero-order valence-electron chi connectivity index (χ0n) is 17.8. The van der Waals surface area contributed by atoms with Crippen molar-refractivity contribution in [1.82, 2.24) is 0 Å². The van der Waals surface area contributed by atoms with Crippen LogP contribution in [0, 0.1) is 169 Å². The van der Waals surface area contributed by atoms with Crippen molar-refractivity contribution in [2.75, 3.05) is 0 Å². The first kappa shape index (κ1) is 52.2. The van der Waals surface area contributed by atoms with Gasteiger partial charge >= 0.3 is 368 Å². The van der Waals surface area contributed by atoms with E-state index in [0.717, 1.165) is 75.1 Å². The molecular weight excluding hydrogens is 774 g/mol. The van der Waals surface area contributed by atoms with E-state index in [0.29, 0.717) is 0 Å². The van der Waals surface area contributed by atoms with Gasteiger partial charge in [-0.05, 0) is 0 Å². The minimum atomic E-state index is -6.27. The van der Waals surface area contributed by atoms with Crippen molar-refractivity contribution < 1.29 is 32.2 Å². The standard InChI is InChI=1S/15CN.3Co.3K.3NO.3H/c15*1-2;;;;;;;3*1-2;;;/q;;;;;;;;;;;;;;;3*+1;;;;3*-1;;;. The molecule has 0 amide bonds. The SMILES string of the molecule is N#[C][Co]([C]#N)([C]#N)([C]#N)([C]#N)[N]=O.N#[C][Co]([C]#N)([C]#N)([C]#N)([C]#N)[N]=O.N#[C][Co]([C]#N)([C]#N)([C]#N)([C]#N)[N]=O.[KH].[KH].[KH]. The summed E-state index contributed by atoms with van der Waals surface area (Å²) in [4.78, 5) is 31.0. The van der Waals surface area contributed by atoms with Crippen molar-refractivity contribution in [2.45, 2.75) is 0 Å². The zero-order chi connectivity index (χ0) is 32.0. The van der Waals surface area contributed by atoms with Crippen LogP contribution in [0.15, 0.2) is 12.7 Å². The van der Waals surface area contributed by atoms with Gasteiger partial charge in [-0.2, -0.15) is 0 Å². The Balaban J connectivity index is -0.000000112. The van der Waals surface area contributed by atoms with Crippen LogP contribution in [0.25, 0.3) is 0 Å². The number of nitrogens with zero attached hydrogens (tertiary/aromatic N) is 18. The van der Waals surface area contributed by atoms with Crippen LogP contribution < -0.4 is 0 Å². The molecule has 0 radical (unpaired) electrons. The first-order valence-electron chi connectivity index (χ1n) is 6.85. The van der Waals surface area contributed by atoms with Crippen LogP contribution in [0.2, 0.25) is 0 Å². The Morgan fingerprint density at radius 2 is 0.333 bits per heavy atom. The van der Waals surface area contributed by atoms with Crippen LogP contribution in [0.5, 0.6) is 0 Å². The quantitative estimate of drug-likeness (QED) is 0.244. The van der Waals surface area contributed by atoms with Crippen LogP contribution in [-0.2, 0) is 32.2 Å². The van der Waals surface area contributed by atoms with Gasteiger partial charge in [0.15, 0.2) is 0 Å². The van der Waals surface area contributed by atoms with Crippen molar-refractivity contribution >= 4 is 154 Å². The fourth-order valence-corrected chi connectivity index (χ4v) is 2.90. The molecule has 0 saturated heterocycles. The number of hydrogen-bond acceptors (Lipinski definition) is 21. The topological polar surface area (TPSA) is 445 Å².